The van der Waals surface area contributed by atoms with Gasteiger partial charge in [-0.1, -0.05) is 12.1 Å². The van der Waals surface area contributed by atoms with E-state index in [1.807, 2.05) is 31.2 Å². The molecule has 1 N–H and O–H groups in total. The van der Waals surface area contributed by atoms with Gasteiger partial charge in [-0.05, 0) is 44.0 Å². The summed E-state index contributed by atoms with van der Waals surface area (Å²) < 4.78 is 0. The Bertz CT molecular complexity index is 920. The molecule has 0 spiro atoms. The molecule has 6 nitrogen and oxygen atoms in total. The summed E-state index contributed by atoms with van der Waals surface area (Å²) in [5, 5.41) is 3.11. The maximum absolute atomic E-state index is 12.3. The summed E-state index contributed by atoms with van der Waals surface area (Å²) in [6.07, 6.45) is 5.04. The van der Waals surface area contributed by atoms with E-state index in [2.05, 4.69) is 20.2 Å². The number of fused-ring (bicyclic) bond motifs is 1. The number of benzene rings is 1. The first-order valence-electron chi connectivity index (χ1n) is 8.90. The molecule has 1 aliphatic rings. The van der Waals surface area contributed by atoms with Gasteiger partial charge in [0, 0.05) is 31.5 Å². The third kappa shape index (κ3) is 3.35. The average Bonchev–Trinajstić information content (AvgIpc) is 2.69. The van der Waals surface area contributed by atoms with E-state index in [-0.39, 0.29) is 11.9 Å². The lowest BCUT2D eigenvalue weighted by Gasteiger charge is -2.33. The minimum Gasteiger partial charge on any atom is -0.355 e. The zero-order chi connectivity index (χ0) is 17.9. The van der Waals surface area contributed by atoms with Crippen LogP contribution in [0.15, 0.2) is 48.8 Å². The van der Waals surface area contributed by atoms with Crippen LogP contribution in [0.5, 0.6) is 0 Å². The summed E-state index contributed by atoms with van der Waals surface area (Å²) in [7, 11) is 0. The van der Waals surface area contributed by atoms with Crippen LogP contribution in [0.25, 0.3) is 11.0 Å². The molecule has 1 fully saturated rings. The molecule has 0 aliphatic carbocycles. The van der Waals surface area contributed by atoms with E-state index in [0.717, 1.165) is 48.5 Å². The largest absolute Gasteiger partial charge is 0.355 e. The summed E-state index contributed by atoms with van der Waals surface area (Å²) in [6, 6.07) is 11.7. The second kappa shape index (κ2) is 7.07. The Morgan fingerprint density at radius 2 is 1.81 bits per heavy atom. The van der Waals surface area contributed by atoms with E-state index in [9.17, 15) is 4.79 Å². The number of carbonyl (C=O) groups excluding carboxylic acids is 1. The maximum Gasteiger partial charge on any atom is 0.253 e. The molecule has 1 aromatic carbocycles. The third-order valence-corrected chi connectivity index (χ3v) is 4.77. The van der Waals surface area contributed by atoms with E-state index in [0.29, 0.717) is 5.56 Å². The third-order valence-electron chi connectivity index (χ3n) is 4.77. The normalized spacial score (nSPS) is 15.2. The predicted molar refractivity (Wildman–Crippen MR) is 101 cm³/mol. The number of para-hydroxylation sites is 2. The molecule has 1 amide bonds. The van der Waals surface area contributed by atoms with Crippen molar-refractivity contribution in [2.45, 2.75) is 25.8 Å². The highest BCUT2D eigenvalue weighted by Crippen LogP contribution is 2.23. The van der Waals surface area contributed by atoms with Gasteiger partial charge in [-0.3, -0.25) is 9.78 Å². The number of rotatable bonds is 3. The quantitative estimate of drug-likeness (QED) is 0.789. The molecule has 132 valence electrons. The molecule has 1 saturated heterocycles. The fourth-order valence-corrected chi connectivity index (χ4v) is 3.38. The summed E-state index contributed by atoms with van der Waals surface area (Å²) in [5.74, 6) is 0.888. The van der Waals surface area contributed by atoms with Gasteiger partial charge in [0.25, 0.3) is 5.91 Å². The highest BCUT2D eigenvalue weighted by atomic mass is 16.1. The number of aromatic nitrogens is 3. The van der Waals surface area contributed by atoms with Gasteiger partial charge in [0.1, 0.15) is 0 Å². The van der Waals surface area contributed by atoms with Crippen LogP contribution in [0, 0.1) is 6.92 Å². The average molecular weight is 347 g/mol. The van der Waals surface area contributed by atoms with Crippen molar-refractivity contribution in [3.05, 3.63) is 60.0 Å². The molecular weight excluding hydrogens is 326 g/mol. The number of anilines is 1. The summed E-state index contributed by atoms with van der Waals surface area (Å²) in [4.78, 5) is 28.0. The fraction of sp³-hybridized carbons (Fsp3) is 0.300. The molecule has 26 heavy (non-hydrogen) atoms. The zero-order valence-electron chi connectivity index (χ0n) is 14.7. The van der Waals surface area contributed by atoms with Crippen LogP contribution in [-0.4, -0.2) is 40.0 Å². The van der Waals surface area contributed by atoms with E-state index in [4.69, 9.17) is 4.98 Å². The monoisotopic (exact) mass is 347 g/mol. The van der Waals surface area contributed by atoms with Gasteiger partial charge in [0.15, 0.2) is 5.82 Å². The number of hydrogen-bond acceptors (Lipinski definition) is 5. The van der Waals surface area contributed by atoms with Crippen LogP contribution in [-0.2, 0) is 0 Å². The number of aryl methyl sites for hydroxylation is 1. The Morgan fingerprint density at radius 3 is 2.50 bits per heavy atom. The molecule has 2 aromatic heterocycles. The topological polar surface area (TPSA) is 71.0 Å². The molecule has 0 unspecified atom stereocenters. The smallest absolute Gasteiger partial charge is 0.253 e. The van der Waals surface area contributed by atoms with Crippen LogP contribution in [0.1, 0.15) is 28.9 Å². The van der Waals surface area contributed by atoms with Gasteiger partial charge >= 0.3 is 0 Å². The van der Waals surface area contributed by atoms with Crippen molar-refractivity contribution >= 4 is 22.8 Å². The molecule has 1 aliphatic heterocycles. The second-order valence-corrected chi connectivity index (χ2v) is 6.60. The van der Waals surface area contributed by atoms with Crippen LogP contribution in [0.2, 0.25) is 0 Å². The number of carbonyl (C=O) groups is 1. The van der Waals surface area contributed by atoms with Gasteiger partial charge in [0.05, 0.1) is 22.3 Å². The maximum atomic E-state index is 12.3. The van der Waals surface area contributed by atoms with Gasteiger partial charge < -0.3 is 10.2 Å². The molecule has 0 bridgehead atoms. The van der Waals surface area contributed by atoms with Gasteiger partial charge in [0.2, 0.25) is 0 Å². The van der Waals surface area contributed by atoms with E-state index in [1.54, 1.807) is 24.5 Å². The lowest BCUT2D eigenvalue weighted by Crippen LogP contribution is -2.45. The summed E-state index contributed by atoms with van der Waals surface area (Å²) >= 11 is 0. The number of hydrogen-bond donors (Lipinski definition) is 1. The highest BCUT2D eigenvalue weighted by molar-refractivity contribution is 5.94. The Labute approximate surface area is 152 Å². The predicted octanol–water partition coefficient (Wildman–Crippen LogP) is 2.73. The van der Waals surface area contributed by atoms with Crippen molar-refractivity contribution in [2.75, 3.05) is 18.0 Å². The summed E-state index contributed by atoms with van der Waals surface area (Å²) in [5.41, 5.74) is 3.39. The van der Waals surface area contributed by atoms with Gasteiger partial charge in [-0.2, -0.15) is 0 Å². The Hall–Kier alpha value is -3.02. The van der Waals surface area contributed by atoms with Crippen molar-refractivity contribution in [2.24, 2.45) is 0 Å². The van der Waals surface area contributed by atoms with Crippen molar-refractivity contribution in [1.29, 1.82) is 0 Å². The van der Waals surface area contributed by atoms with E-state index < -0.39 is 0 Å². The molecule has 0 radical (unpaired) electrons. The van der Waals surface area contributed by atoms with Crippen molar-refractivity contribution in [3.63, 3.8) is 0 Å². The molecule has 4 rings (SSSR count). The summed E-state index contributed by atoms with van der Waals surface area (Å²) in [6.45, 7) is 3.71. The van der Waals surface area contributed by atoms with E-state index in [1.165, 1.54) is 0 Å². The van der Waals surface area contributed by atoms with Gasteiger partial charge in [-0.25, -0.2) is 9.97 Å². The number of nitrogens with one attached hydrogen (secondary N) is 1. The molecule has 3 aromatic rings. The van der Waals surface area contributed by atoms with Crippen LogP contribution in [0.3, 0.4) is 0 Å². The standard InChI is InChI=1S/C20H21N5O/c1-14-19(24-18-7-3-2-6-17(18)22-14)25-11-8-16(9-12-25)23-20(26)15-5-4-10-21-13-15/h2-7,10,13,16H,8-9,11-12H2,1H3,(H,23,26). The lowest BCUT2D eigenvalue weighted by molar-refractivity contribution is 0.0930. The Morgan fingerprint density at radius 1 is 1.08 bits per heavy atom. The van der Waals surface area contributed by atoms with Crippen molar-refractivity contribution < 1.29 is 4.79 Å². The van der Waals surface area contributed by atoms with Crippen LogP contribution in [0.4, 0.5) is 5.82 Å². The number of pyridine rings is 1. The molecule has 0 atom stereocenters. The Balaban J connectivity index is 1.42. The first kappa shape index (κ1) is 16.4. The number of nitrogens with zero attached hydrogens (tertiary/aromatic N) is 4. The highest BCUT2D eigenvalue weighted by Gasteiger charge is 2.23. The molecule has 0 saturated carbocycles. The minimum absolute atomic E-state index is 0.0572. The van der Waals surface area contributed by atoms with Crippen molar-refractivity contribution in [1.82, 2.24) is 20.3 Å². The van der Waals surface area contributed by atoms with Gasteiger partial charge in [-0.15, -0.1) is 0 Å². The molecule has 6 heteroatoms. The molecule has 3 heterocycles. The molecular formula is C20H21N5O. The van der Waals surface area contributed by atoms with E-state index >= 15 is 0 Å². The zero-order valence-corrected chi connectivity index (χ0v) is 14.7. The number of piperidine rings is 1. The number of amides is 1. The van der Waals surface area contributed by atoms with Crippen molar-refractivity contribution in [3.8, 4) is 0 Å². The minimum atomic E-state index is -0.0572. The van der Waals surface area contributed by atoms with Crippen LogP contribution >= 0.6 is 0 Å². The van der Waals surface area contributed by atoms with Crippen LogP contribution < -0.4 is 10.2 Å². The first-order chi connectivity index (χ1) is 12.7. The SMILES string of the molecule is Cc1nc2ccccc2nc1N1CCC(NC(=O)c2cccnc2)CC1. The fourth-order valence-electron chi connectivity index (χ4n) is 3.38. The first-order valence-corrected chi connectivity index (χ1v) is 8.90. The second-order valence-electron chi connectivity index (χ2n) is 6.60. The Kier molecular flexibility index (Phi) is 4.48. The lowest BCUT2D eigenvalue weighted by atomic mass is 10.0.